The summed E-state index contributed by atoms with van der Waals surface area (Å²) in [4.78, 5) is 16.3. The molecule has 0 aliphatic rings. The van der Waals surface area contributed by atoms with Gasteiger partial charge in [-0.2, -0.15) is 0 Å². The molecule has 2 aromatic rings. The van der Waals surface area contributed by atoms with Crippen molar-refractivity contribution in [2.24, 2.45) is 5.73 Å². The van der Waals surface area contributed by atoms with Gasteiger partial charge >= 0.3 is 5.97 Å². The molecule has 0 saturated heterocycles. The number of hydrogen-bond acceptors (Lipinski definition) is 5. The molecule has 0 fully saturated rings. The van der Waals surface area contributed by atoms with Gasteiger partial charge in [0.1, 0.15) is 5.75 Å². The van der Waals surface area contributed by atoms with Crippen LogP contribution in [0.1, 0.15) is 26.3 Å². The molecule has 0 saturated carbocycles. The van der Waals surface area contributed by atoms with Gasteiger partial charge in [0.05, 0.1) is 12.3 Å². The van der Waals surface area contributed by atoms with Crippen molar-refractivity contribution in [3.63, 3.8) is 0 Å². The third kappa shape index (κ3) is 4.55. The Morgan fingerprint density at radius 2 is 1.88 bits per heavy atom. The third-order valence-electron chi connectivity index (χ3n) is 3.55. The zero-order chi connectivity index (χ0) is 17.6. The zero-order valence-corrected chi connectivity index (χ0v) is 14.4. The van der Waals surface area contributed by atoms with Crippen LogP contribution in [0.2, 0.25) is 0 Å². The first-order chi connectivity index (χ1) is 11.5. The van der Waals surface area contributed by atoms with Crippen molar-refractivity contribution >= 4 is 5.97 Å². The normalized spacial score (nSPS) is 11.2. The van der Waals surface area contributed by atoms with Gasteiger partial charge in [-0.25, -0.2) is 4.79 Å². The molecule has 1 aromatic carbocycles. The largest absolute Gasteiger partial charge is 0.476 e. The Hall–Kier alpha value is -2.40. The smallest absolute Gasteiger partial charge is 0.349 e. The summed E-state index contributed by atoms with van der Waals surface area (Å²) in [6, 6.07) is 11.5. The maximum absolute atomic E-state index is 11.9. The molecule has 0 atom stereocenters. The predicted octanol–water partition coefficient (Wildman–Crippen LogP) is 2.97. The summed E-state index contributed by atoms with van der Waals surface area (Å²) in [5.74, 6) is 0.225. The average molecular weight is 328 g/mol. The summed E-state index contributed by atoms with van der Waals surface area (Å²) in [5, 5.41) is 0. The molecule has 0 aliphatic heterocycles. The lowest BCUT2D eigenvalue weighted by atomic mass is 10.1. The second-order valence-corrected chi connectivity index (χ2v) is 5.95. The standard InChI is InChI=1S/C19H24N2O3/c1-4-23-18(22)19(2,3)24-16-8-6-15(7-9-16)17-10-5-14(11-12-20)13-21-17/h5-10,13H,4,11-12,20H2,1-3H3. The highest BCUT2D eigenvalue weighted by Gasteiger charge is 2.31. The Balaban J connectivity index is 2.08. The Kier molecular flexibility index (Phi) is 5.93. The number of pyridine rings is 1. The monoisotopic (exact) mass is 328 g/mol. The van der Waals surface area contributed by atoms with Crippen LogP contribution in [0.25, 0.3) is 11.3 Å². The molecular formula is C19H24N2O3. The third-order valence-corrected chi connectivity index (χ3v) is 3.55. The minimum atomic E-state index is -1.03. The molecule has 24 heavy (non-hydrogen) atoms. The molecule has 1 heterocycles. The molecule has 5 nitrogen and oxygen atoms in total. The number of nitrogens with zero attached hydrogens (tertiary/aromatic N) is 1. The lowest BCUT2D eigenvalue weighted by molar-refractivity contribution is -0.158. The number of nitrogens with two attached hydrogens (primary N) is 1. The summed E-state index contributed by atoms with van der Waals surface area (Å²) >= 11 is 0. The van der Waals surface area contributed by atoms with E-state index in [-0.39, 0.29) is 5.97 Å². The zero-order valence-electron chi connectivity index (χ0n) is 14.4. The maximum atomic E-state index is 11.9. The van der Waals surface area contributed by atoms with E-state index in [4.69, 9.17) is 15.2 Å². The Labute approximate surface area is 142 Å². The van der Waals surface area contributed by atoms with Gasteiger partial charge in [-0.1, -0.05) is 6.07 Å². The molecule has 0 aliphatic carbocycles. The Morgan fingerprint density at radius 1 is 1.17 bits per heavy atom. The van der Waals surface area contributed by atoms with E-state index in [0.717, 1.165) is 23.2 Å². The van der Waals surface area contributed by atoms with Gasteiger partial charge in [0.2, 0.25) is 0 Å². The van der Waals surface area contributed by atoms with Gasteiger partial charge in [-0.05, 0) is 69.6 Å². The van der Waals surface area contributed by atoms with Crippen molar-refractivity contribution < 1.29 is 14.3 Å². The first-order valence-corrected chi connectivity index (χ1v) is 8.08. The van der Waals surface area contributed by atoms with E-state index in [1.54, 1.807) is 20.8 Å². The quantitative estimate of drug-likeness (QED) is 0.791. The molecule has 0 spiro atoms. The van der Waals surface area contributed by atoms with Crippen molar-refractivity contribution in [2.45, 2.75) is 32.8 Å². The van der Waals surface area contributed by atoms with Crippen molar-refractivity contribution in [2.75, 3.05) is 13.2 Å². The number of aromatic nitrogens is 1. The van der Waals surface area contributed by atoms with E-state index < -0.39 is 5.60 Å². The van der Waals surface area contributed by atoms with Crippen molar-refractivity contribution in [1.82, 2.24) is 4.98 Å². The number of esters is 1. The molecule has 0 radical (unpaired) electrons. The summed E-state index contributed by atoms with van der Waals surface area (Å²) in [6.07, 6.45) is 2.67. The topological polar surface area (TPSA) is 74.4 Å². The molecule has 2 rings (SSSR count). The van der Waals surface area contributed by atoms with Crippen LogP contribution in [0.4, 0.5) is 0 Å². The van der Waals surface area contributed by atoms with E-state index in [2.05, 4.69) is 4.98 Å². The molecular weight excluding hydrogens is 304 g/mol. The van der Waals surface area contributed by atoms with Crippen molar-refractivity contribution in [3.8, 4) is 17.0 Å². The molecule has 5 heteroatoms. The highest BCUT2D eigenvalue weighted by molar-refractivity contribution is 5.79. The lowest BCUT2D eigenvalue weighted by Gasteiger charge is -2.24. The molecule has 0 bridgehead atoms. The fourth-order valence-corrected chi connectivity index (χ4v) is 2.24. The van der Waals surface area contributed by atoms with Gasteiger partial charge < -0.3 is 15.2 Å². The fraction of sp³-hybridized carbons (Fsp3) is 0.368. The van der Waals surface area contributed by atoms with E-state index in [1.807, 2.05) is 42.6 Å². The first kappa shape index (κ1) is 17.9. The number of hydrogen-bond donors (Lipinski definition) is 1. The van der Waals surface area contributed by atoms with Gasteiger partial charge in [-0.15, -0.1) is 0 Å². The van der Waals surface area contributed by atoms with E-state index in [1.165, 1.54) is 0 Å². The van der Waals surface area contributed by atoms with Crippen LogP contribution >= 0.6 is 0 Å². The van der Waals surface area contributed by atoms with Gasteiger partial charge in [0, 0.05) is 11.8 Å². The molecule has 0 amide bonds. The van der Waals surface area contributed by atoms with E-state index in [0.29, 0.717) is 18.9 Å². The summed E-state index contributed by atoms with van der Waals surface area (Å²) in [7, 11) is 0. The average Bonchev–Trinajstić information content (AvgIpc) is 2.56. The van der Waals surface area contributed by atoms with Gasteiger partial charge in [0.25, 0.3) is 0 Å². The van der Waals surface area contributed by atoms with Crippen LogP contribution in [0.15, 0.2) is 42.6 Å². The highest BCUT2D eigenvalue weighted by atomic mass is 16.6. The number of carbonyl (C=O) groups excluding carboxylic acids is 1. The minimum absolute atomic E-state index is 0.330. The Morgan fingerprint density at radius 3 is 2.42 bits per heavy atom. The van der Waals surface area contributed by atoms with Crippen LogP contribution in [-0.2, 0) is 16.0 Å². The van der Waals surface area contributed by atoms with Crippen LogP contribution in [-0.4, -0.2) is 29.7 Å². The lowest BCUT2D eigenvalue weighted by Crippen LogP contribution is -2.39. The fourth-order valence-electron chi connectivity index (χ4n) is 2.24. The SMILES string of the molecule is CCOC(=O)C(C)(C)Oc1ccc(-c2ccc(CCN)cn2)cc1. The van der Waals surface area contributed by atoms with Crippen LogP contribution in [0, 0.1) is 0 Å². The van der Waals surface area contributed by atoms with Crippen molar-refractivity contribution in [3.05, 3.63) is 48.2 Å². The van der Waals surface area contributed by atoms with Crippen LogP contribution < -0.4 is 10.5 Å². The molecule has 1 aromatic heterocycles. The second-order valence-electron chi connectivity index (χ2n) is 5.95. The minimum Gasteiger partial charge on any atom is -0.476 e. The number of carbonyl (C=O) groups is 1. The van der Waals surface area contributed by atoms with E-state index >= 15 is 0 Å². The van der Waals surface area contributed by atoms with Gasteiger partial charge in [-0.3, -0.25) is 4.98 Å². The molecule has 128 valence electrons. The van der Waals surface area contributed by atoms with Crippen molar-refractivity contribution in [1.29, 1.82) is 0 Å². The maximum Gasteiger partial charge on any atom is 0.349 e. The predicted molar refractivity (Wildman–Crippen MR) is 93.8 cm³/mol. The number of benzene rings is 1. The van der Waals surface area contributed by atoms with Crippen LogP contribution in [0.3, 0.4) is 0 Å². The second kappa shape index (κ2) is 7.93. The van der Waals surface area contributed by atoms with Crippen LogP contribution in [0.5, 0.6) is 5.75 Å². The molecule has 0 unspecified atom stereocenters. The highest BCUT2D eigenvalue weighted by Crippen LogP contribution is 2.24. The summed E-state index contributed by atoms with van der Waals surface area (Å²) < 4.78 is 10.8. The van der Waals surface area contributed by atoms with Gasteiger partial charge in [0.15, 0.2) is 5.60 Å². The summed E-state index contributed by atoms with van der Waals surface area (Å²) in [6.45, 7) is 6.10. The Bertz CT molecular complexity index is 664. The summed E-state index contributed by atoms with van der Waals surface area (Å²) in [5.41, 5.74) is 7.50. The molecule has 2 N–H and O–H groups in total. The number of rotatable bonds is 7. The number of ether oxygens (including phenoxy) is 2. The first-order valence-electron chi connectivity index (χ1n) is 8.08. The van der Waals surface area contributed by atoms with E-state index in [9.17, 15) is 4.79 Å².